The molecule has 2 heterocycles. The van der Waals surface area contributed by atoms with Crippen molar-refractivity contribution in [2.24, 2.45) is 0 Å². The number of hydrogen-bond donors (Lipinski definition) is 1. The molecule has 1 aromatic heterocycles. The van der Waals surface area contributed by atoms with Crippen LogP contribution in [0.25, 0.3) is 11.0 Å². The first kappa shape index (κ1) is 17.4. The number of rotatable bonds is 4. The number of fused-ring (bicyclic) bond motifs is 2. The molecule has 5 rings (SSSR count). The number of carbonyl (C=O) groups is 1. The Labute approximate surface area is 169 Å². The van der Waals surface area contributed by atoms with E-state index >= 15 is 0 Å². The second kappa shape index (κ2) is 7.36. The Balaban J connectivity index is 1.53. The summed E-state index contributed by atoms with van der Waals surface area (Å²) < 4.78 is 0. The van der Waals surface area contributed by atoms with Crippen molar-refractivity contribution in [2.75, 3.05) is 11.9 Å². The maximum atomic E-state index is 13.3. The van der Waals surface area contributed by atoms with Crippen molar-refractivity contribution in [1.29, 1.82) is 0 Å². The van der Waals surface area contributed by atoms with Gasteiger partial charge >= 0.3 is 0 Å². The van der Waals surface area contributed by atoms with E-state index in [-0.39, 0.29) is 12.1 Å². The summed E-state index contributed by atoms with van der Waals surface area (Å²) in [6.07, 6.45) is 2.17. The molecule has 5 nitrogen and oxygen atoms in total. The summed E-state index contributed by atoms with van der Waals surface area (Å²) in [7, 11) is 0. The summed E-state index contributed by atoms with van der Waals surface area (Å²) in [4.78, 5) is 24.5. The highest BCUT2D eigenvalue weighted by Gasteiger charge is 2.33. The number of nitrogens with one attached hydrogen (secondary N) is 1. The Kier molecular flexibility index (Phi) is 4.41. The first-order valence-corrected chi connectivity index (χ1v) is 9.72. The van der Waals surface area contributed by atoms with Crippen molar-refractivity contribution in [3.05, 3.63) is 102 Å². The molecular weight excluding hydrogens is 360 g/mol. The van der Waals surface area contributed by atoms with Crippen LogP contribution in [-0.2, 0) is 6.42 Å². The van der Waals surface area contributed by atoms with Crippen LogP contribution in [0, 0.1) is 0 Å². The van der Waals surface area contributed by atoms with Crippen LogP contribution < -0.4 is 5.32 Å². The average Bonchev–Trinajstić information content (AvgIpc) is 2.79. The van der Waals surface area contributed by atoms with Crippen molar-refractivity contribution in [2.45, 2.75) is 12.6 Å². The summed E-state index contributed by atoms with van der Waals surface area (Å²) in [5.74, 6) is 0.00948. The molecule has 0 radical (unpaired) electrons. The fourth-order valence-electron chi connectivity index (χ4n) is 3.75. The number of hydrogen-bond acceptors (Lipinski definition) is 4. The third-order valence-electron chi connectivity index (χ3n) is 5.25. The largest absolute Gasteiger partial charge is 0.359 e. The molecule has 0 fully saturated rings. The molecule has 1 aliphatic rings. The SMILES string of the molecule is O=C1c2ccccc2N[C@H](c2cnc3ccccc3n2)N1CCc1ccccc1. The van der Waals surface area contributed by atoms with E-state index in [9.17, 15) is 4.79 Å². The van der Waals surface area contributed by atoms with Crippen molar-refractivity contribution < 1.29 is 4.79 Å². The van der Waals surface area contributed by atoms with Crippen LogP contribution in [0.5, 0.6) is 0 Å². The van der Waals surface area contributed by atoms with Gasteiger partial charge in [0, 0.05) is 12.2 Å². The number of anilines is 1. The summed E-state index contributed by atoms with van der Waals surface area (Å²) >= 11 is 0. The van der Waals surface area contributed by atoms with Gasteiger partial charge in [0.2, 0.25) is 0 Å². The number of aromatic nitrogens is 2. The van der Waals surface area contributed by atoms with Crippen LogP contribution in [0.1, 0.15) is 27.8 Å². The van der Waals surface area contributed by atoms with Gasteiger partial charge in [-0.05, 0) is 36.2 Å². The highest BCUT2D eigenvalue weighted by Crippen LogP contribution is 2.32. The van der Waals surface area contributed by atoms with Crippen molar-refractivity contribution >= 4 is 22.6 Å². The molecular formula is C24H20N4O. The van der Waals surface area contributed by atoms with Crippen LogP contribution in [-0.4, -0.2) is 27.3 Å². The van der Waals surface area contributed by atoms with E-state index in [1.807, 2.05) is 71.6 Å². The van der Waals surface area contributed by atoms with Gasteiger partial charge < -0.3 is 10.2 Å². The summed E-state index contributed by atoms with van der Waals surface area (Å²) in [5, 5.41) is 3.50. The molecule has 0 saturated carbocycles. The zero-order valence-corrected chi connectivity index (χ0v) is 15.8. The predicted octanol–water partition coefficient (Wildman–Crippen LogP) is 4.44. The average molecular weight is 380 g/mol. The van der Waals surface area contributed by atoms with Gasteiger partial charge in [-0.2, -0.15) is 0 Å². The molecule has 0 bridgehead atoms. The van der Waals surface area contributed by atoms with Crippen molar-refractivity contribution in [3.8, 4) is 0 Å². The third-order valence-corrected chi connectivity index (χ3v) is 5.25. The van der Waals surface area contributed by atoms with Crippen molar-refractivity contribution in [1.82, 2.24) is 14.9 Å². The second-order valence-electron chi connectivity index (χ2n) is 7.11. The molecule has 1 aliphatic heterocycles. The molecule has 3 aromatic carbocycles. The van der Waals surface area contributed by atoms with E-state index in [2.05, 4.69) is 22.4 Å². The van der Waals surface area contributed by atoms with Gasteiger partial charge in [-0.15, -0.1) is 0 Å². The molecule has 0 saturated heterocycles. The van der Waals surface area contributed by atoms with Crippen molar-refractivity contribution in [3.63, 3.8) is 0 Å². The Bertz CT molecular complexity index is 1180. The molecule has 29 heavy (non-hydrogen) atoms. The molecule has 5 heteroatoms. The quantitative estimate of drug-likeness (QED) is 0.569. The monoisotopic (exact) mass is 380 g/mol. The van der Waals surface area contributed by atoms with Gasteiger partial charge in [-0.3, -0.25) is 9.78 Å². The summed E-state index contributed by atoms with van der Waals surface area (Å²) in [6, 6.07) is 25.6. The lowest BCUT2D eigenvalue weighted by Gasteiger charge is -2.37. The van der Waals surface area contributed by atoms with Gasteiger partial charge in [0.1, 0.15) is 11.9 Å². The molecule has 142 valence electrons. The Morgan fingerprint density at radius 3 is 2.45 bits per heavy atom. The Morgan fingerprint density at radius 2 is 1.59 bits per heavy atom. The van der Waals surface area contributed by atoms with Gasteiger partial charge in [0.05, 0.1) is 22.8 Å². The fraction of sp³-hybridized carbons (Fsp3) is 0.125. The first-order valence-electron chi connectivity index (χ1n) is 9.72. The summed E-state index contributed by atoms with van der Waals surface area (Å²) in [6.45, 7) is 0.587. The maximum absolute atomic E-state index is 13.3. The van der Waals surface area contributed by atoms with Crippen LogP contribution in [0.15, 0.2) is 85.1 Å². The van der Waals surface area contributed by atoms with E-state index < -0.39 is 0 Å². The highest BCUT2D eigenvalue weighted by molar-refractivity contribution is 6.01. The lowest BCUT2D eigenvalue weighted by Crippen LogP contribution is -2.44. The molecule has 1 atom stereocenters. The minimum atomic E-state index is -0.363. The smallest absolute Gasteiger partial charge is 0.257 e. The lowest BCUT2D eigenvalue weighted by molar-refractivity contribution is 0.0682. The standard InChI is InChI=1S/C24H20N4O/c29-24-18-10-4-5-11-19(18)27-23(28(24)15-14-17-8-2-1-3-9-17)22-16-25-20-12-6-7-13-21(20)26-22/h1-13,16,23,27H,14-15H2/t23-/m0/s1. The zero-order chi connectivity index (χ0) is 19.6. The summed E-state index contributed by atoms with van der Waals surface area (Å²) in [5.41, 5.74) is 5.11. The van der Waals surface area contributed by atoms with Gasteiger partial charge in [0.25, 0.3) is 5.91 Å². The third kappa shape index (κ3) is 3.31. The second-order valence-corrected chi connectivity index (χ2v) is 7.11. The number of carbonyl (C=O) groups excluding carboxylic acids is 1. The molecule has 0 unspecified atom stereocenters. The van der Waals surface area contributed by atoms with E-state index in [4.69, 9.17) is 4.98 Å². The van der Waals surface area contributed by atoms with E-state index in [0.29, 0.717) is 12.1 Å². The van der Waals surface area contributed by atoms with Gasteiger partial charge in [-0.25, -0.2) is 4.98 Å². The van der Waals surface area contributed by atoms with Crippen LogP contribution in [0.3, 0.4) is 0 Å². The fourth-order valence-corrected chi connectivity index (χ4v) is 3.75. The molecule has 1 N–H and O–H groups in total. The van der Waals surface area contributed by atoms with E-state index in [1.165, 1.54) is 5.56 Å². The molecule has 1 amide bonds. The van der Waals surface area contributed by atoms with Gasteiger partial charge in [-0.1, -0.05) is 54.6 Å². The topological polar surface area (TPSA) is 58.1 Å². The van der Waals surface area contributed by atoms with Crippen LogP contribution in [0.4, 0.5) is 5.69 Å². The normalized spacial score (nSPS) is 15.8. The van der Waals surface area contributed by atoms with E-state index in [0.717, 1.165) is 28.8 Å². The number of benzene rings is 3. The first-order chi connectivity index (χ1) is 14.3. The lowest BCUT2D eigenvalue weighted by atomic mass is 10.0. The van der Waals surface area contributed by atoms with Gasteiger partial charge in [0.15, 0.2) is 0 Å². The molecule has 0 aliphatic carbocycles. The van der Waals surface area contributed by atoms with Crippen LogP contribution >= 0.6 is 0 Å². The van der Waals surface area contributed by atoms with E-state index in [1.54, 1.807) is 6.20 Å². The maximum Gasteiger partial charge on any atom is 0.257 e. The Hall–Kier alpha value is -3.73. The number of para-hydroxylation sites is 3. The Morgan fingerprint density at radius 1 is 0.862 bits per heavy atom. The number of amides is 1. The molecule has 4 aromatic rings. The molecule has 0 spiro atoms. The minimum Gasteiger partial charge on any atom is -0.359 e. The highest BCUT2D eigenvalue weighted by atomic mass is 16.2. The van der Waals surface area contributed by atoms with Crippen LogP contribution in [0.2, 0.25) is 0 Å². The zero-order valence-electron chi connectivity index (χ0n) is 15.8. The predicted molar refractivity (Wildman–Crippen MR) is 114 cm³/mol. The minimum absolute atomic E-state index is 0.00948. The number of nitrogens with zero attached hydrogens (tertiary/aromatic N) is 3.